The van der Waals surface area contributed by atoms with Crippen molar-refractivity contribution in [3.05, 3.63) is 32.6 Å². The maximum absolute atomic E-state index is 12.7. The number of likely N-dealkylation sites (N-methyl/N-ethyl adjacent to an activating group) is 1. The molecule has 0 aromatic carbocycles. The number of carbonyl (C=O) groups is 2. The Bertz CT molecular complexity index is 1060. The summed E-state index contributed by atoms with van der Waals surface area (Å²) in [5.41, 5.74) is -1.30. The van der Waals surface area contributed by atoms with Gasteiger partial charge in [0.15, 0.2) is 0 Å². The summed E-state index contributed by atoms with van der Waals surface area (Å²) in [7, 11) is 0. The molecule has 0 saturated carbocycles. The van der Waals surface area contributed by atoms with Crippen molar-refractivity contribution in [2.45, 2.75) is 34.2 Å². The third kappa shape index (κ3) is 2.89. The molecule has 0 saturated heterocycles. The van der Waals surface area contributed by atoms with Gasteiger partial charge in [0.25, 0.3) is 17.4 Å². The second kappa shape index (κ2) is 7.26. The number of rotatable bonds is 3. The van der Waals surface area contributed by atoms with Crippen LogP contribution >= 0.6 is 0 Å². The van der Waals surface area contributed by atoms with E-state index in [1.54, 1.807) is 19.9 Å². The molecule has 0 fully saturated rings. The van der Waals surface area contributed by atoms with Gasteiger partial charge in [0.2, 0.25) is 5.88 Å². The van der Waals surface area contributed by atoms with Crippen LogP contribution in [0, 0.1) is 29.6 Å². The first-order valence-electron chi connectivity index (χ1n) is 8.17. The number of carbonyl (C=O) groups excluding carboxylic acids is 2. The van der Waals surface area contributed by atoms with Crippen LogP contribution in [0.1, 0.15) is 31.9 Å². The van der Waals surface area contributed by atoms with Crippen LogP contribution in [-0.2, 0) is 16.1 Å². The van der Waals surface area contributed by atoms with Gasteiger partial charge in [-0.1, -0.05) is 0 Å². The molecular weight excluding hydrogens is 350 g/mol. The van der Waals surface area contributed by atoms with Crippen LogP contribution in [0.15, 0.2) is 20.9 Å². The number of imide groups is 1. The van der Waals surface area contributed by atoms with E-state index in [4.69, 9.17) is 0 Å². The average molecular weight is 367 g/mol. The number of hydrogen-bond acceptors (Lipinski definition) is 7. The summed E-state index contributed by atoms with van der Waals surface area (Å²) >= 11 is 0. The summed E-state index contributed by atoms with van der Waals surface area (Å²) in [6, 6.07) is 3.59. The van der Waals surface area contributed by atoms with Crippen molar-refractivity contribution < 1.29 is 14.7 Å². The summed E-state index contributed by atoms with van der Waals surface area (Å²) in [6.45, 7) is 6.14. The minimum absolute atomic E-state index is 0.0341. The van der Waals surface area contributed by atoms with Gasteiger partial charge in [0.05, 0.1) is 0 Å². The molecule has 1 aromatic rings. The Morgan fingerprint density at radius 3 is 2.15 bits per heavy atom. The Balaban J connectivity index is 2.90. The van der Waals surface area contributed by atoms with E-state index in [-0.39, 0.29) is 46.8 Å². The molecule has 0 spiro atoms. The lowest BCUT2D eigenvalue weighted by Crippen LogP contribution is -2.46. The number of aromatic hydroxyl groups is 1. The van der Waals surface area contributed by atoms with Crippen molar-refractivity contribution in [2.24, 2.45) is 4.99 Å². The zero-order valence-electron chi connectivity index (χ0n) is 15.3. The van der Waals surface area contributed by atoms with Crippen molar-refractivity contribution >= 4 is 23.2 Å². The van der Waals surface area contributed by atoms with Crippen LogP contribution in [0.3, 0.4) is 0 Å². The van der Waals surface area contributed by atoms with Crippen LogP contribution in [-0.4, -0.2) is 38.6 Å². The van der Waals surface area contributed by atoms with Crippen LogP contribution in [0.2, 0.25) is 0 Å². The van der Waals surface area contributed by atoms with Gasteiger partial charge in [-0.15, -0.1) is 0 Å². The number of hydrogen-bond donors (Lipinski definition) is 1. The Labute approximate surface area is 155 Å². The molecule has 1 aromatic heterocycles. The van der Waals surface area contributed by atoms with Crippen molar-refractivity contribution in [3.63, 3.8) is 0 Å². The molecule has 9 nitrogen and oxygen atoms in total. The first-order valence-corrected chi connectivity index (χ1v) is 8.17. The SMILES string of the molecule is CCN1C(=O)C(=Nc2c(C)c(C#N)c(O)n(CC)c2=O)C(C)=C(C#N)C1=O. The molecule has 27 heavy (non-hydrogen) atoms. The number of aliphatic imine (C=N–C) groups is 1. The molecule has 2 amide bonds. The third-order valence-electron chi connectivity index (χ3n) is 4.37. The van der Waals surface area contributed by atoms with Gasteiger partial charge in [0, 0.05) is 24.2 Å². The maximum Gasteiger partial charge on any atom is 0.279 e. The summed E-state index contributed by atoms with van der Waals surface area (Å²) in [5.74, 6) is -1.92. The predicted octanol–water partition coefficient (Wildman–Crippen LogP) is 1.06. The van der Waals surface area contributed by atoms with Crippen molar-refractivity contribution in [2.75, 3.05) is 6.54 Å². The molecule has 138 valence electrons. The highest BCUT2D eigenvalue weighted by Gasteiger charge is 2.36. The monoisotopic (exact) mass is 367 g/mol. The third-order valence-corrected chi connectivity index (χ3v) is 4.37. The Hall–Kier alpha value is -3.72. The Morgan fingerprint density at radius 1 is 1.04 bits per heavy atom. The summed E-state index contributed by atoms with van der Waals surface area (Å²) < 4.78 is 0.964. The second-order valence-corrected chi connectivity index (χ2v) is 5.76. The van der Waals surface area contributed by atoms with E-state index in [2.05, 4.69) is 4.99 Å². The zero-order chi connectivity index (χ0) is 20.5. The molecule has 0 bridgehead atoms. The van der Waals surface area contributed by atoms with E-state index in [0.717, 1.165) is 9.47 Å². The van der Waals surface area contributed by atoms with E-state index in [0.29, 0.717) is 0 Å². The molecule has 1 N–H and O–H groups in total. The van der Waals surface area contributed by atoms with Gasteiger partial charge in [-0.05, 0) is 27.7 Å². The van der Waals surface area contributed by atoms with Crippen LogP contribution < -0.4 is 5.56 Å². The summed E-state index contributed by atoms with van der Waals surface area (Å²) in [5, 5.41) is 28.7. The summed E-state index contributed by atoms with van der Waals surface area (Å²) in [6.07, 6.45) is 0. The van der Waals surface area contributed by atoms with Crippen LogP contribution in [0.4, 0.5) is 5.69 Å². The van der Waals surface area contributed by atoms with Crippen molar-refractivity contribution in [1.29, 1.82) is 10.5 Å². The van der Waals surface area contributed by atoms with Crippen LogP contribution in [0.5, 0.6) is 5.88 Å². The first kappa shape index (κ1) is 19.6. The number of nitrogens with zero attached hydrogens (tertiary/aromatic N) is 5. The maximum atomic E-state index is 12.7. The van der Waals surface area contributed by atoms with Crippen molar-refractivity contribution in [3.8, 4) is 18.0 Å². The molecule has 0 atom stereocenters. The van der Waals surface area contributed by atoms with Gasteiger partial charge in [-0.3, -0.25) is 23.9 Å². The fraction of sp³-hybridized carbons (Fsp3) is 0.333. The fourth-order valence-electron chi connectivity index (χ4n) is 2.82. The van der Waals surface area contributed by atoms with Gasteiger partial charge < -0.3 is 5.11 Å². The number of pyridine rings is 1. The van der Waals surface area contributed by atoms with E-state index in [1.165, 1.54) is 13.8 Å². The van der Waals surface area contributed by atoms with E-state index in [9.17, 15) is 30.0 Å². The molecule has 1 aliphatic heterocycles. The predicted molar refractivity (Wildman–Crippen MR) is 95.3 cm³/mol. The smallest absolute Gasteiger partial charge is 0.279 e. The number of nitriles is 2. The van der Waals surface area contributed by atoms with Gasteiger partial charge in [0.1, 0.15) is 34.7 Å². The van der Waals surface area contributed by atoms with E-state index >= 15 is 0 Å². The molecule has 2 heterocycles. The lowest BCUT2D eigenvalue weighted by molar-refractivity contribution is -0.138. The highest BCUT2D eigenvalue weighted by atomic mass is 16.3. The van der Waals surface area contributed by atoms with E-state index in [1.807, 2.05) is 6.07 Å². The van der Waals surface area contributed by atoms with Crippen LogP contribution in [0.25, 0.3) is 0 Å². The lowest BCUT2D eigenvalue weighted by atomic mass is 9.98. The lowest BCUT2D eigenvalue weighted by Gasteiger charge is -2.25. The fourth-order valence-corrected chi connectivity index (χ4v) is 2.82. The topological polar surface area (TPSA) is 140 Å². The van der Waals surface area contributed by atoms with Gasteiger partial charge in [-0.25, -0.2) is 4.99 Å². The molecular formula is C18H17N5O4. The van der Waals surface area contributed by atoms with Gasteiger partial charge in [-0.2, -0.15) is 10.5 Å². The number of aromatic nitrogens is 1. The zero-order valence-corrected chi connectivity index (χ0v) is 15.3. The normalized spacial score (nSPS) is 15.9. The van der Waals surface area contributed by atoms with Gasteiger partial charge >= 0.3 is 0 Å². The Morgan fingerprint density at radius 2 is 1.67 bits per heavy atom. The molecule has 0 radical (unpaired) electrons. The number of amides is 2. The molecule has 1 aliphatic rings. The first-order chi connectivity index (χ1) is 12.7. The standard InChI is InChI=1S/C18H17N5O4/c1-5-22-15(24)11(7-19)9(3)13(17(22)26)21-14-10(4)12(8-20)16(25)23(6-2)18(14)27/h24H,5-6H2,1-4H3. The highest BCUT2D eigenvalue weighted by Crippen LogP contribution is 2.27. The molecule has 0 aliphatic carbocycles. The minimum atomic E-state index is -0.729. The Kier molecular flexibility index (Phi) is 5.27. The van der Waals surface area contributed by atoms with Crippen molar-refractivity contribution in [1.82, 2.24) is 9.47 Å². The molecule has 0 unspecified atom stereocenters. The molecule has 2 rings (SSSR count). The quantitative estimate of drug-likeness (QED) is 0.792. The summed E-state index contributed by atoms with van der Waals surface area (Å²) in [4.78, 5) is 42.5. The average Bonchev–Trinajstić information content (AvgIpc) is 2.62. The van der Waals surface area contributed by atoms with E-state index < -0.39 is 23.3 Å². The minimum Gasteiger partial charge on any atom is -0.493 e. The molecule has 9 heteroatoms. The largest absolute Gasteiger partial charge is 0.493 e. The second-order valence-electron chi connectivity index (χ2n) is 5.76. The highest BCUT2D eigenvalue weighted by molar-refractivity contribution is 6.51.